The van der Waals surface area contributed by atoms with Crippen LogP contribution in [0.15, 0.2) is 48.5 Å². The van der Waals surface area contributed by atoms with Crippen LogP contribution in [0.5, 0.6) is 5.75 Å². The first-order valence-corrected chi connectivity index (χ1v) is 9.95. The normalized spacial score (nSPS) is 11.4. The highest BCUT2D eigenvalue weighted by Crippen LogP contribution is 2.17. The molecule has 2 aromatic carbocycles. The summed E-state index contributed by atoms with van der Waals surface area (Å²) < 4.78 is 31.6. The van der Waals surface area contributed by atoms with Crippen LogP contribution in [0.2, 0.25) is 0 Å². The Morgan fingerprint density at radius 1 is 1.04 bits per heavy atom. The number of hydrogen-bond acceptors (Lipinski definition) is 4. The van der Waals surface area contributed by atoms with E-state index in [0.29, 0.717) is 23.4 Å². The van der Waals surface area contributed by atoms with Gasteiger partial charge in [0, 0.05) is 12.6 Å². The number of nitrogens with one attached hydrogen (secondary N) is 2. The molecule has 0 fully saturated rings. The van der Waals surface area contributed by atoms with Crippen molar-refractivity contribution in [3.05, 3.63) is 65.2 Å². The predicted molar refractivity (Wildman–Crippen MR) is 102 cm³/mol. The van der Waals surface area contributed by atoms with Crippen LogP contribution in [0.3, 0.4) is 0 Å². The second kappa shape index (κ2) is 8.82. The van der Waals surface area contributed by atoms with Gasteiger partial charge in [0.2, 0.25) is 10.0 Å². The van der Waals surface area contributed by atoms with Gasteiger partial charge in [-0.2, -0.15) is 0 Å². The third-order valence-electron chi connectivity index (χ3n) is 3.60. The average molecular weight is 376 g/mol. The molecule has 0 bridgehead atoms. The van der Waals surface area contributed by atoms with Gasteiger partial charge in [0.1, 0.15) is 5.75 Å². The van der Waals surface area contributed by atoms with Crippen LogP contribution in [0.1, 0.15) is 35.3 Å². The third-order valence-corrected chi connectivity index (χ3v) is 5.14. The zero-order valence-corrected chi connectivity index (χ0v) is 16.0. The highest BCUT2D eigenvalue weighted by molar-refractivity contribution is 7.88. The van der Waals surface area contributed by atoms with E-state index in [1.165, 1.54) is 7.11 Å². The van der Waals surface area contributed by atoms with Crippen LogP contribution in [0.25, 0.3) is 0 Å². The Kier molecular flexibility index (Phi) is 6.76. The van der Waals surface area contributed by atoms with Gasteiger partial charge in [-0.05, 0) is 37.1 Å². The van der Waals surface area contributed by atoms with Crippen LogP contribution in [-0.2, 0) is 22.3 Å². The minimum absolute atomic E-state index is 0.0704. The highest BCUT2D eigenvalue weighted by atomic mass is 32.2. The first-order chi connectivity index (χ1) is 12.3. The van der Waals surface area contributed by atoms with Gasteiger partial charge in [-0.25, -0.2) is 13.1 Å². The Morgan fingerprint density at radius 3 is 2.27 bits per heavy atom. The van der Waals surface area contributed by atoms with Crippen LogP contribution in [0.4, 0.5) is 0 Å². The van der Waals surface area contributed by atoms with Crippen molar-refractivity contribution < 1.29 is 17.9 Å². The number of rotatable bonds is 8. The monoisotopic (exact) mass is 376 g/mol. The molecular formula is C19H24N2O4S. The molecule has 140 valence electrons. The lowest BCUT2D eigenvalue weighted by molar-refractivity contribution is 0.0948. The van der Waals surface area contributed by atoms with Gasteiger partial charge in [0.25, 0.3) is 5.91 Å². The number of carbonyl (C=O) groups is 1. The van der Waals surface area contributed by atoms with Crippen LogP contribution >= 0.6 is 0 Å². The van der Waals surface area contributed by atoms with Crippen molar-refractivity contribution in [2.75, 3.05) is 7.11 Å². The largest absolute Gasteiger partial charge is 0.496 e. The maximum absolute atomic E-state index is 12.3. The summed E-state index contributed by atoms with van der Waals surface area (Å²) >= 11 is 0. The summed E-state index contributed by atoms with van der Waals surface area (Å²) in [5.74, 6) is 0.220. The second-order valence-electron chi connectivity index (χ2n) is 6.23. The fraction of sp³-hybridized carbons (Fsp3) is 0.316. The summed E-state index contributed by atoms with van der Waals surface area (Å²) in [5, 5.41) is 2.83. The SMILES string of the molecule is COc1ccccc1C(=O)NCc1ccc(CS(=O)(=O)NC(C)C)cc1. The van der Waals surface area contributed by atoms with E-state index >= 15 is 0 Å². The molecule has 0 unspecified atom stereocenters. The molecule has 2 aromatic rings. The van der Waals surface area contributed by atoms with Crippen molar-refractivity contribution in [1.82, 2.24) is 10.0 Å². The Morgan fingerprint density at radius 2 is 1.65 bits per heavy atom. The van der Waals surface area contributed by atoms with Crippen molar-refractivity contribution in [2.45, 2.75) is 32.2 Å². The maximum atomic E-state index is 12.3. The number of benzene rings is 2. The molecule has 0 aromatic heterocycles. The fourth-order valence-corrected chi connectivity index (χ4v) is 3.92. The Hall–Kier alpha value is -2.38. The number of ether oxygens (including phenoxy) is 1. The van der Waals surface area contributed by atoms with Crippen molar-refractivity contribution in [3.63, 3.8) is 0 Å². The molecule has 0 aliphatic heterocycles. The average Bonchev–Trinajstić information content (AvgIpc) is 2.59. The number of para-hydroxylation sites is 1. The minimum Gasteiger partial charge on any atom is -0.496 e. The quantitative estimate of drug-likeness (QED) is 0.741. The highest BCUT2D eigenvalue weighted by Gasteiger charge is 2.13. The Bertz CT molecular complexity index is 846. The van der Waals surface area contributed by atoms with E-state index in [1.54, 1.807) is 50.2 Å². The summed E-state index contributed by atoms with van der Waals surface area (Å²) in [5.41, 5.74) is 2.04. The van der Waals surface area contributed by atoms with Gasteiger partial charge in [-0.3, -0.25) is 4.79 Å². The molecule has 0 heterocycles. The van der Waals surface area contributed by atoms with Gasteiger partial charge in [0.15, 0.2) is 0 Å². The topological polar surface area (TPSA) is 84.5 Å². The van der Waals surface area contributed by atoms with Crippen molar-refractivity contribution in [1.29, 1.82) is 0 Å². The van der Waals surface area contributed by atoms with Gasteiger partial charge >= 0.3 is 0 Å². The van der Waals surface area contributed by atoms with E-state index in [1.807, 2.05) is 12.1 Å². The van der Waals surface area contributed by atoms with E-state index in [0.717, 1.165) is 5.56 Å². The number of amides is 1. The zero-order chi connectivity index (χ0) is 19.2. The van der Waals surface area contributed by atoms with Gasteiger partial charge in [-0.1, -0.05) is 36.4 Å². The predicted octanol–water partition coefficient (Wildman–Crippen LogP) is 2.45. The Labute approximate surface area is 154 Å². The van der Waals surface area contributed by atoms with Gasteiger partial charge < -0.3 is 10.1 Å². The lowest BCUT2D eigenvalue weighted by atomic mass is 10.1. The van der Waals surface area contributed by atoms with E-state index in [-0.39, 0.29) is 17.7 Å². The number of hydrogen-bond donors (Lipinski definition) is 2. The molecule has 0 aliphatic rings. The molecule has 6 nitrogen and oxygen atoms in total. The zero-order valence-electron chi connectivity index (χ0n) is 15.2. The van der Waals surface area contributed by atoms with Crippen molar-refractivity contribution in [3.8, 4) is 5.75 Å². The molecule has 2 N–H and O–H groups in total. The van der Waals surface area contributed by atoms with Gasteiger partial charge in [0.05, 0.1) is 18.4 Å². The first-order valence-electron chi connectivity index (χ1n) is 8.30. The molecule has 26 heavy (non-hydrogen) atoms. The number of methoxy groups -OCH3 is 1. The molecule has 0 radical (unpaired) electrons. The number of sulfonamides is 1. The van der Waals surface area contributed by atoms with E-state index in [9.17, 15) is 13.2 Å². The summed E-state index contributed by atoms with van der Waals surface area (Å²) in [7, 11) is -1.83. The molecule has 0 spiro atoms. The second-order valence-corrected chi connectivity index (χ2v) is 7.98. The lowest BCUT2D eigenvalue weighted by Crippen LogP contribution is -2.31. The van der Waals surface area contributed by atoms with E-state index in [4.69, 9.17) is 4.74 Å². The standard InChI is InChI=1S/C19H24N2O4S/c1-14(2)21-26(23,24)13-16-10-8-15(9-11-16)12-20-19(22)17-6-4-5-7-18(17)25-3/h4-11,14,21H,12-13H2,1-3H3,(H,20,22). The Balaban J connectivity index is 1.96. The summed E-state index contributed by atoms with van der Waals surface area (Å²) in [4.78, 5) is 12.3. The van der Waals surface area contributed by atoms with Crippen LogP contribution in [-0.4, -0.2) is 27.5 Å². The molecule has 1 amide bonds. The van der Waals surface area contributed by atoms with E-state index < -0.39 is 10.0 Å². The van der Waals surface area contributed by atoms with Crippen LogP contribution < -0.4 is 14.8 Å². The summed E-state index contributed by atoms with van der Waals surface area (Å²) in [6.45, 7) is 3.91. The molecule has 2 rings (SSSR count). The minimum atomic E-state index is -3.35. The van der Waals surface area contributed by atoms with Crippen LogP contribution in [0, 0.1) is 0 Å². The van der Waals surface area contributed by atoms with Crippen molar-refractivity contribution >= 4 is 15.9 Å². The molecule has 0 saturated carbocycles. The first kappa shape index (κ1) is 19.9. The summed E-state index contributed by atoms with van der Waals surface area (Å²) in [6.07, 6.45) is 0. The fourth-order valence-electron chi connectivity index (χ4n) is 2.48. The molecule has 0 atom stereocenters. The van der Waals surface area contributed by atoms with Gasteiger partial charge in [-0.15, -0.1) is 0 Å². The van der Waals surface area contributed by atoms with Crippen molar-refractivity contribution in [2.24, 2.45) is 0 Å². The number of carbonyl (C=O) groups excluding carboxylic acids is 1. The molecule has 0 aliphatic carbocycles. The molecular weight excluding hydrogens is 352 g/mol. The molecule has 0 saturated heterocycles. The lowest BCUT2D eigenvalue weighted by Gasteiger charge is -2.11. The van der Waals surface area contributed by atoms with E-state index in [2.05, 4.69) is 10.0 Å². The molecule has 7 heteroatoms. The maximum Gasteiger partial charge on any atom is 0.255 e. The summed E-state index contributed by atoms with van der Waals surface area (Å²) in [6, 6.07) is 14.0. The third kappa shape index (κ3) is 5.86. The smallest absolute Gasteiger partial charge is 0.255 e.